The second-order valence-corrected chi connectivity index (χ2v) is 4.53. The van der Waals surface area contributed by atoms with Crippen LogP contribution < -0.4 is 0 Å². The van der Waals surface area contributed by atoms with Gasteiger partial charge in [0.1, 0.15) is 11.6 Å². The number of hydrogen-bond acceptors (Lipinski definition) is 4. The highest BCUT2D eigenvalue weighted by atomic mass is 32.1. The Morgan fingerprint density at radius 2 is 2.18 bits per heavy atom. The number of aromatic nitrogens is 1. The van der Waals surface area contributed by atoms with E-state index in [-0.39, 0.29) is 6.61 Å². The summed E-state index contributed by atoms with van der Waals surface area (Å²) in [7, 11) is 0. The van der Waals surface area contributed by atoms with Gasteiger partial charge < -0.3 is 9.84 Å². The van der Waals surface area contributed by atoms with Crippen molar-refractivity contribution in [3.05, 3.63) is 16.1 Å². The molecular weight excluding hydrogens is 262 g/mol. The topological polar surface area (TPSA) is 42.4 Å². The first-order chi connectivity index (χ1) is 7.83. The fourth-order valence-electron chi connectivity index (χ4n) is 0.922. The van der Waals surface area contributed by atoms with Gasteiger partial charge in [-0.3, -0.25) is 0 Å². The Morgan fingerprint density at radius 3 is 2.65 bits per heavy atom. The van der Waals surface area contributed by atoms with E-state index in [0.717, 1.165) is 11.3 Å². The minimum absolute atomic E-state index is 0.278. The smallest absolute Gasteiger partial charge is 0.330 e. The van der Waals surface area contributed by atoms with Crippen molar-refractivity contribution in [1.29, 1.82) is 0 Å². The van der Waals surface area contributed by atoms with Crippen molar-refractivity contribution in [1.82, 2.24) is 4.98 Å². The number of hydrogen-bond donors (Lipinski definition) is 1. The number of halogens is 4. The van der Waals surface area contributed by atoms with Crippen LogP contribution in [0.4, 0.5) is 17.6 Å². The molecule has 1 aromatic rings. The van der Waals surface area contributed by atoms with Crippen LogP contribution >= 0.6 is 11.3 Å². The largest absolute Gasteiger partial charge is 0.388 e. The van der Waals surface area contributed by atoms with E-state index in [4.69, 9.17) is 0 Å². The quantitative estimate of drug-likeness (QED) is 0.810. The van der Waals surface area contributed by atoms with Gasteiger partial charge in [0.25, 0.3) is 0 Å². The molecule has 0 aliphatic rings. The van der Waals surface area contributed by atoms with Gasteiger partial charge in [0, 0.05) is 6.20 Å². The maximum absolute atomic E-state index is 12.5. The normalized spacial score (nSPS) is 14.3. The number of rotatable bonds is 6. The summed E-state index contributed by atoms with van der Waals surface area (Å²) in [4.78, 5) is 4.36. The van der Waals surface area contributed by atoms with Gasteiger partial charge in [0.15, 0.2) is 0 Å². The van der Waals surface area contributed by atoms with Gasteiger partial charge in [0.2, 0.25) is 0 Å². The molecule has 0 spiro atoms. The molecule has 1 rings (SSSR count). The van der Waals surface area contributed by atoms with Gasteiger partial charge in [-0.2, -0.15) is 8.78 Å². The summed E-state index contributed by atoms with van der Waals surface area (Å²) in [5.74, 6) is -4.15. The molecule has 1 unspecified atom stereocenters. The van der Waals surface area contributed by atoms with Crippen molar-refractivity contribution in [3.8, 4) is 0 Å². The Bertz CT molecular complexity index is 357. The molecule has 0 saturated heterocycles. The van der Waals surface area contributed by atoms with Crippen LogP contribution in [0.5, 0.6) is 0 Å². The Hall–Kier alpha value is -0.730. The van der Waals surface area contributed by atoms with E-state index in [1.165, 1.54) is 13.1 Å². The number of nitrogens with zero attached hydrogens (tertiary/aromatic N) is 1. The van der Waals surface area contributed by atoms with Crippen molar-refractivity contribution in [2.75, 3.05) is 6.61 Å². The number of thiazole rings is 1. The number of aliphatic hydroxyl groups is 1. The number of aliphatic hydroxyl groups excluding tert-OH is 1. The SMILES string of the molecule is CC(O)c1cnc(COCC(F)(F)C(F)F)s1. The molecule has 17 heavy (non-hydrogen) atoms. The standard InChI is InChI=1S/C9H11F4NO2S/c1-5(15)6-2-14-7(17-6)3-16-4-9(12,13)8(10)11/h2,5,8,15H,3-4H2,1H3. The zero-order chi connectivity index (χ0) is 13.1. The first kappa shape index (κ1) is 14.3. The second kappa shape index (κ2) is 5.74. The molecule has 0 radical (unpaired) electrons. The third-order valence-corrected chi connectivity index (χ3v) is 2.96. The number of alkyl halides is 4. The first-order valence-corrected chi connectivity index (χ1v) is 5.51. The van der Waals surface area contributed by atoms with Crippen LogP contribution in [0, 0.1) is 0 Å². The van der Waals surface area contributed by atoms with Crippen LogP contribution in [0.3, 0.4) is 0 Å². The predicted molar refractivity (Wildman–Crippen MR) is 53.4 cm³/mol. The van der Waals surface area contributed by atoms with Gasteiger partial charge in [-0.1, -0.05) is 0 Å². The van der Waals surface area contributed by atoms with E-state index >= 15 is 0 Å². The molecule has 0 fully saturated rings. The Balaban J connectivity index is 2.41. The number of ether oxygens (including phenoxy) is 1. The minimum atomic E-state index is -4.15. The summed E-state index contributed by atoms with van der Waals surface area (Å²) >= 11 is 1.08. The molecule has 1 aromatic heterocycles. The van der Waals surface area contributed by atoms with E-state index in [1.54, 1.807) is 0 Å². The van der Waals surface area contributed by atoms with Crippen LogP contribution in [0.2, 0.25) is 0 Å². The van der Waals surface area contributed by atoms with E-state index < -0.39 is 25.1 Å². The third kappa shape index (κ3) is 4.21. The summed E-state index contributed by atoms with van der Waals surface area (Å²) < 4.78 is 52.9. The molecule has 3 nitrogen and oxygen atoms in total. The molecule has 0 saturated carbocycles. The fourth-order valence-corrected chi connectivity index (χ4v) is 1.72. The highest BCUT2D eigenvalue weighted by molar-refractivity contribution is 7.11. The van der Waals surface area contributed by atoms with Crippen LogP contribution in [0.25, 0.3) is 0 Å². The molecule has 0 aliphatic heterocycles. The Morgan fingerprint density at radius 1 is 1.53 bits per heavy atom. The molecular formula is C9H11F4NO2S. The van der Waals surface area contributed by atoms with E-state index in [0.29, 0.717) is 9.88 Å². The predicted octanol–water partition coefficient (Wildman–Crippen LogP) is 2.61. The van der Waals surface area contributed by atoms with Gasteiger partial charge >= 0.3 is 12.3 Å². The lowest BCUT2D eigenvalue weighted by Crippen LogP contribution is -2.32. The third-order valence-electron chi connectivity index (χ3n) is 1.82. The zero-order valence-electron chi connectivity index (χ0n) is 8.87. The zero-order valence-corrected chi connectivity index (χ0v) is 9.69. The summed E-state index contributed by atoms with van der Waals surface area (Å²) in [6.45, 7) is -0.100. The Labute approximate surface area is 99.1 Å². The molecule has 0 aliphatic carbocycles. The monoisotopic (exact) mass is 273 g/mol. The second-order valence-electron chi connectivity index (χ2n) is 3.39. The van der Waals surface area contributed by atoms with Crippen molar-refractivity contribution in [2.45, 2.75) is 32.0 Å². The van der Waals surface area contributed by atoms with Crippen molar-refractivity contribution in [3.63, 3.8) is 0 Å². The maximum Gasteiger partial charge on any atom is 0.330 e. The summed E-state index contributed by atoms with van der Waals surface area (Å²) in [6, 6.07) is 0. The lowest BCUT2D eigenvalue weighted by molar-refractivity contribution is -0.168. The van der Waals surface area contributed by atoms with E-state index in [2.05, 4.69) is 9.72 Å². The lowest BCUT2D eigenvalue weighted by Gasteiger charge is -2.14. The van der Waals surface area contributed by atoms with Crippen molar-refractivity contribution in [2.24, 2.45) is 0 Å². The average Bonchev–Trinajstić information content (AvgIpc) is 2.66. The molecule has 1 heterocycles. The van der Waals surface area contributed by atoms with Crippen LogP contribution in [-0.4, -0.2) is 29.0 Å². The van der Waals surface area contributed by atoms with Gasteiger partial charge in [0.05, 0.1) is 17.6 Å². The first-order valence-electron chi connectivity index (χ1n) is 4.69. The molecule has 98 valence electrons. The van der Waals surface area contributed by atoms with E-state index in [1.807, 2.05) is 0 Å². The lowest BCUT2D eigenvalue weighted by atomic mass is 10.4. The molecule has 0 bridgehead atoms. The molecule has 0 aromatic carbocycles. The van der Waals surface area contributed by atoms with Gasteiger partial charge in [-0.05, 0) is 6.92 Å². The van der Waals surface area contributed by atoms with E-state index in [9.17, 15) is 22.7 Å². The summed E-state index contributed by atoms with van der Waals surface area (Å²) in [5.41, 5.74) is 0. The molecule has 1 N–H and O–H groups in total. The highest BCUT2D eigenvalue weighted by Gasteiger charge is 2.40. The highest BCUT2D eigenvalue weighted by Crippen LogP contribution is 2.24. The van der Waals surface area contributed by atoms with Crippen LogP contribution in [0.1, 0.15) is 22.9 Å². The van der Waals surface area contributed by atoms with Gasteiger partial charge in [-0.15, -0.1) is 11.3 Å². The molecule has 1 atom stereocenters. The summed E-state index contributed by atoms with van der Waals surface area (Å²) in [5, 5.41) is 9.53. The fraction of sp³-hybridized carbons (Fsp3) is 0.667. The molecule has 0 amide bonds. The van der Waals surface area contributed by atoms with Crippen LogP contribution in [0.15, 0.2) is 6.20 Å². The van der Waals surface area contributed by atoms with Crippen molar-refractivity contribution < 1.29 is 27.4 Å². The minimum Gasteiger partial charge on any atom is -0.388 e. The van der Waals surface area contributed by atoms with Crippen LogP contribution in [-0.2, 0) is 11.3 Å². The van der Waals surface area contributed by atoms with Gasteiger partial charge in [-0.25, -0.2) is 13.8 Å². The molecule has 8 heteroatoms. The Kier molecular flexibility index (Phi) is 4.84. The maximum atomic E-state index is 12.5. The van der Waals surface area contributed by atoms with Crippen molar-refractivity contribution >= 4 is 11.3 Å². The summed E-state index contributed by atoms with van der Waals surface area (Å²) in [6.07, 6.45) is -3.06. The average molecular weight is 273 g/mol.